The van der Waals surface area contributed by atoms with E-state index >= 15 is 0 Å². The van der Waals surface area contributed by atoms with Gasteiger partial charge < -0.3 is 15.2 Å². The van der Waals surface area contributed by atoms with E-state index in [9.17, 15) is 26.4 Å². The SMILES string of the molecule is CC(C)(Oc1ccc(S(C)(=O)=O)cc1)C(=O)NC1CCN(S(=O)(=O)c2ccc(C(=O)O)cc2)CC1. The number of ether oxygens (including phenoxy) is 1. The number of carbonyl (C=O) groups is 2. The molecule has 1 aliphatic heterocycles. The van der Waals surface area contributed by atoms with Gasteiger partial charge in [-0.15, -0.1) is 0 Å². The molecule has 0 aromatic heterocycles. The van der Waals surface area contributed by atoms with Crippen LogP contribution in [0, 0.1) is 0 Å². The van der Waals surface area contributed by atoms with Gasteiger partial charge in [0.25, 0.3) is 5.91 Å². The van der Waals surface area contributed by atoms with Crippen LogP contribution in [0.5, 0.6) is 5.75 Å². The molecule has 10 nitrogen and oxygen atoms in total. The van der Waals surface area contributed by atoms with E-state index in [4.69, 9.17) is 9.84 Å². The summed E-state index contributed by atoms with van der Waals surface area (Å²) in [6, 6.07) is 10.6. The first-order valence-electron chi connectivity index (χ1n) is 10.8. The molecule has 1 fully saturated rings. The molecule has 35 heavy (non-hydrogen) atoms. The summed E-state index contributed by atoms with van der Waals surface area (Å²) >= 11 is 0. The van der Waals surface area contributed by atoms with Gasteiger partial charge in [-0.3, -0.25) is 4.79 Å². The quantitative estimate of drug-likeness (QED) is 0.532. The Balaban J connectivity index is 1.57. The van der Waals surface area contributed by atoms with Crippen molar-refractivity contribution in [3.8, 4) is 5.75 Å². The highest BCUT2D eigenvalue weighted by Crippen LogP contribution is 2.24. The molecule has 0 unspecified atom stereocenters. The maximum atomic E-state index is 12.9. The van der Waals surface area contributed by atoms with Gasteiger partial charge in [-0.2, -0.15) is 4.31 Å². The molecular formula is C23H28N2O8S2. The predicted octanol–water partition coefficient (Wildman–Crippen LogP) is 1.92. The highest BCUT2D eigenvalue weighted by Gasteiger charge is 2.34. The molecule has 1 amide bonds. The zero-order valence-electron chi connectivity index (χ0n) is 19.6. The third kappa shape index (κ3) is 6.38. The van der Waals surface area contributed by atoms with Crippen LogP contribution in [0.2, 0.25) is 0 Å². The Kier molecular flexibility index (Phi) is 7.58. The van der Waals surface area contributed by atoms with Crippen LogP contribution in [0.15, 0.2) is 58.3 Å². The van der Waals surface area contributed by atoms with E-state index in [2.05, 4.69) is 5.32 Å². The van der Waals surface area contributed by atoms with Crippen molar-refractivity contribution in [2.45, 2.75) is 48.1 Å². The van der Waals surface area contributed by atoms with Crippen molar-refractivity contribution in [2.24, 2.45) is 0 Å². The largest absolute Gasteiger partial charge is 0.478 e. The summed E-state index contributed by atoms with van der Waals surface area (Å²) in [6.45, 7) is 3.57. The molecule has 0 saturated carbocycles. The number of rotatable bonds is 8. The molecule has 0 aliphatic carbocycles. The number of sulfonamides is 1. The second-order valence-corrected chi connectivity index (χ2v) is 12.8. The van der Waals surface area contributed by atoms with Gasteiger partial charge in [-0.05, 0) is 75.2 Å². The highest BCUT2D eigenvalue weighted by molar-refractivity contribution is 7.90. The minimum Gasteiger partial charge on any atom is -0.478 e. The summed E-state index contributed by atoms with van der Waals surface area (Å²) in [6.07, 6.45) is 1.90. The molecule has 2 aromatic rings. The average Bonchev–Trinajstić information content (AvgIpc) is 2.79. The third-order valence-corrected chi connectivity index (χ3v) is 8.74. The maximum absolute atomic E-state index is 12.9. The summed E-state index contributed by atoms with van der Waals surface area (Å²) in [5.41, 5.74) is -1.25. The summed E-state index contributed by atoms with van der Waals surface area (Å²) < 4.78 is 56.0. The van der Waals surface area contributed by atoms with Crippen molar-refractivity contribution in [2.75, 3.05) is 19.3 Å². The first kappa shape index (κ1) is 26.6. The van der Waals surface area contributed by atoms with Crippen LogP contribution in [0.4, 0.5) is 0 Å². The number of aromatic carboxylic acids is 1. The van der Waals surface area contributed by atoms with Crippen LogP contribution in [-0.2, 0) is 24.7 Å². The summed E-state index contributed by atoms with van der Waals surface area (Å²) in [5, 5.41) is 11.9. The van der Waals surface area contributed by atoms with Gasteiger partial charge in [0.2, 0.25) is 10.0 Å². The lowest BCUT2D eigenvalue weighted by Crippen LogP contribution is -2.53. The molecule has 0 radical (unpaired) electrons. The van der Waals surface area contributed by atoms with E-state index in [-0.39, 0.29) is 40.4 Å². The lowest BCUT2D eigenvalue weighted by molar-refractivity contribution is -0.135. The average molecular weight is 525 g/mol. The number of benzene rings is 2. The van der Waals surface area contributed by atoms with Crippen molar-refractivity contribution in [1.82, 2.24) is 9.62 Å². The lowest BCUT2D eigenvalue weighted by Gasteiger charge is -2.34. The van der Waals surface area contributed by atoms with E-state index in [0.717, 1.165) is 6.26 Å². The Morgan fingerprint density at radius 2 is 1.46 bits per heavy atom. The van der Waals surface area contributed by atoms with Crippen molar-refractivity contribution in [3.05, 3.63) is 54.1 Å². The van der Waals surface area contributed by atoms with E-state index < -0.39 is 31.4 Å². The van der Waals surface area contributed by atoms with Gasteiger partial charge in [0.05, 0.1) is 15.4 Å². The molecule has 12 heteroatoms. The van der Waals surface area contributed by atoms with Gasteiger partial charge >= 0.3 is 5.97 Å². The summed E-state index contributed by atoms with van der Waals surface area (Å²) in [7, 11) is -7.12. The van der Waals surface area contributed by atoms with Crippen molar-refractivity contribution < 1.29 is 36.3 Å². The van der Waals surface area contributed by atoms with Crippen molar-refractivity contribution in [1.29, 1.82) is 0 Å². The van der Waals surface area contributed by atoms with E-state index in [1.54, 1.807) is 13.8 Å². The standard InChI is InChI=1S/C23H28N2O8S2/c1-23(2,33-18-6-10-19(11-7-18)34(3,29)30)22(28)24-17-12-14-25(15-13-17)35(31,32)20-8-4-16(5-9-20)21(26)27/h4-11,17H,12-15H2,1-3H3,(H,24,28)(H,26,27). The zero-order valence-corrected chi connectivity index (χ0v) is 21.2. The number of carboxylic acids is 1. The van der Waals surface area contributed by atoms with Crippen molar-refractivity contribution in [3.63, 3.8) is 0 Å². The Morgan fingerprint density at radius 1 is 0.943 bits per heavy atom. The number of sulfone groups is 1. The number of nitrogens with one attached hydrogen (secondary N) is 1. The van der Waals surface area contributed by atoms with Crippen LogP contribution in [0.1, 0.15) is 37.0 Å². The van der Waals surface area contributed by atoms with E-state index in [1.165, 1.54) is 52.8 Å². The second kappa shape index (κ2) is 9.96. The zero-order chi connectivity index (χ0) is 26.0. The molecule has 2 N–H and O–H groups in total. The number of carboxylic acid groups (broad SMARTS) is 1. The fourth-order valence-electron chi connectivity index (χ4n) is 3.61. The molecule has 1 aliphatic rings. The number of carbonyl (C=O) groups excluding carboxylic acids is 1. The van der Waals surface area contributed by atoms with Gasteiger partial charge in [0.15, 0.2) is 15.4 Å². The van der Waals surface area contributed by atoms with E-state index in [0.29, 0.717) is 18.6 Å². The number of piperidine rings is 1. The monoisotopic (exact) mass is 524 g/mol. The highest BCUT2D eigenvalue weighted by atomic mass is 32.2. The summed E-state index contributed by atoms with van der Waals surface area (Å²) in [4.78, 5) is 24.0. The topological polar surface area (TPSA) is 147 Å². The molecular weight excluding hydrogens is 496 g/mol. The number of hydrogen-bond donors (Lipinski definition) is 2. The van der Waals surface area contributed by atoms with Crippen molar-refractivity contribution >= 4 is 31.7 Å². The first-order chi connectivity index (χ1) is 16.2. The Labute approximate surface area is 204 Å². The fourth-order valence-corrected chi connectivity index (χ4v) is 5.71. The lowest BCUT2D eigenvalue weighted by atomic mass is 10.0. The molecule has 0 spiro atoms. The number of nitrogens with zero attached hydrogens (tertiary/aromatic N) is 1. The molecule has 0 bridgehead atoms. The fraction of sp³-hybridized carbons (Fsp3) is 0.391. The minimum atomic E-state index is -3.78. The number of amides is 1. The molecule has 1 heterocycles. The minimum absolute atomic E-state index is 0.00143. The molecule has 190 valence electrons. The maximum Gasteiger partial charge on any atom is 0.335 e. The second-order valence-electron chi connectivity index (χ2n) is 8.84. The van der Waals surface area contributed by atoms with Crippen LogP contribution in [0.3, 0.4) is 0 Å². The van der Waals surface area contributed by atoms with Crippen LogP contribution < -0.4 is 10.1 Å². The molecule has 1 saturated heterocycles. The van der Waals surface area contributed by atoms with Gasteiger partial charge in [0, 0.05) is 25.4 Å². The molecule has 0 atom stereocenters. The third-order valence-electron chi connectivity index (χ3n) is 5.70. The normalized spacial score (nSPS) is 16.0. The van der Waals surface area contributed by atoms with E-state index in [1.807, 2.05) is 0 Å². The van der Waals surface area contributed by atoms with Gasteiger partial charge in [0.1, 0.15) is 5.75 Å². The molecule has 3 rings (SSSR count). The Morgan fingerprint density at radius 3 is 1.94 bits per heavy atom. The summed E-state index contributed by atoms with van der Waals surface area (Å²) in [5.74, 6) is -1.18. The van der Waals surface area contributed by atoms with Gasteiger partial charge in [-0.1, -0.05) is 0 Å². The van der Waals surface area contributed by atoms with Crippen LogP contribution >= 0.6 is 0 Å². The smallest absolute Gasteiger partial charge is 0.335 e. The Hall–Kier alpha value is -2.96. The van der Waals surface area contributed by atoms with Crippen LogP contribution in [0.25, 0.3) is 0 Å². The predicted molar refractivity (Wildman–Crippen MR) is 128 cm³/mol. The van der Waals surface area contributed by atoms with Crippen LogP contribution in [-0.4, -0.2) is 69.1 Å². The Bertz CT molecular complexity index is 1290. The molecule has 2 aromatic carbocycles. The first-order valence-corrected chi connectivity index (χ1v) is 14.2. The van der Waals surface area contributed by atoms with Gasteiger partial charge in [-0.25, -0.2) is 21.6 Å². The number of hydrogen-bond acceptors (Lipinski definition) is 7.